The van der Waals surface area contributed by atoms with Crippen LogP contribution in [-0.4, -0.2) is 23.9 Å². The largest absolute Gasteiger partial charge is 0.341 e. The van der Waals surface area contributed by atoms with Gasteiger partial charge in [0.05, 0.1) is 5.66 Å². The molecule has 0 saturated carbocycles. The van der Waals surface area contributed by atoms with Gasteiger partial charge in [-0.25, -0.2) is 0 Å². The van der Waals surface area contributed by atoms with Crippen LogP contribution in [0.1, 0.15) is 141 Å². The lowest BCUT2D eigenvalue weighted by molar-refractivity contribution is -0.131. The third-order valence-corrected chi connectivity index (χ3v) is 7.62. The van der Waals surface area contributed by atoms with E-state index in [4.69, 9.17) is 0 Å². The number of benzene rings is 1. The Labute approximate surface area is 221 Å². The lowest BCUT2D eigenvalue weighted by Crippen LogP contribution is -2.39. The van der Waals surface area contributed by atoms with Gasteiger partial charge in [0, 0.05) is 13.1 Å². The number of aryl methyl sites for hydroxylation is 1. The first kappa shape index (κ1) is 32.1. The Balaban J connectivity index is 3.02. The molecule has 0 aliphatic rings. The third-order valence-electron chi connectivity index (χ3n) is 6.97. The van der Waals surface area contributed by atoms with E-state index in [-0.39, 0.29) is 11.6 Å². The average molecular weight is 504 g/mol. The molecule has 0 N–H and O–H groups in total. The van der Waals surface area contributed by atoms with E-state index in [2.05, 4.69) is 73.9 Å². The Morgan fingerprint density at radius 3 is 1.74 bits per heavy atom. The standard InChI is InChI=1S/C32H58NOP/c1-7-9-11-13-15-17-20-28-21-19-23-30(29(28)22-18-16-14-12-10-8-2)31(35)32(34)33(24-26(3)4)25-27(5)6/h19,21,23,26-27,31H,7-18,20,22,24-25,35H2,1-6H3. The normalized spacial score (nSPS) is 12.5. The second kappa shape index (κ2) is 19.3. The minimum Gasteiger partial charge on any atom is -0.341 e. The molecule has 0 aliphatic carbocycles. The van der Waals surface area contributed by atoms with E-state index in [9.17, 15) is 4.79 Å². The summed E-state index contributed by atoms with van der Waals surface area (Å²) in [4.78, 5) is 15.8. The van der Waals surface area contributed by atoms with Gasteiger partial charge in [0.25, 0.3) is 0 Å². The van der Waals surface area contributed by atoms with Crippen LogP contribution in [0.15, 0.2) is 18.2 Å². The summed E-state index contributed by atoms with van der Waals surface area (Å²) in [5.41, 5.74) is 4.08. The summed E-state index contributed by atoms with van der Waals surface area (Å²) in [7, 11) is 2.92. The van der Waals surface area contributed by atoms with Crippen molar-refractivity contribution < 1.29 is 4.79 Å². The molecule has 0 aliphatic heterocycles. The van der Waals surface area contributed by atoms with Crippen molar-refractivity contribution in [3.63, 3.8) is 0 Å². The monoisotopic (exact) mass is 503 g/mol. The Bertz CT molecular complexity index is 674. The smallest absolute Gasteiger partial charge is 0.233 e. The Morgan fingerprint density at radius 1 is 0.743 bits per heavy atom. The molecule has 0 spiro atoms. The van der Waals surface area contributed by atoms with Gasteiger partial charge in [-0.1, -0.05) is 124 Å². The van der Waals surface area contributed by atoms with Gasteiger partial charge in [0.2, 0.25) is 5.91 Å². The minimum atomic E-state index is -0.146. The summed E-state index contributed by atoms with van der Waals surface area (Å²) in [5, 5.41) is 0. The molecule has 1 rings (SSSR count). The molecule has 0 bridgehead atoms. The van der Waals surface area contributed by atoms with Gasteiger partial charge in [-0.2, -0.15) is 0 Å². The van der Waals surface area contributed by atoms with E-state index in [0.29, 0.717) is 11.8 Å². The second-order valence-corrected chi connectivity index (χ2v) is 12.2. The van der Waals surface area contributed by atoms with Gasteiger partial charge in [0.1, 0.15) is 0 Å². The minimum absolute atomic E-state index is 0.146. The number of amides is 1. The number of nitrogens with zero attached hydrogens (tertiary/aromatic N) is 1. The van der Waals surface area contributed by atoms with Crippen LogP contribution in [0.2, 0.25) is 0 Å². The highest BCUT2D eigenvalue weighted by Crippen LogP contribution is 2.33. The molecule has 35 heavy (non-hydrogen) atoms. The molecule has 0 saturated heterocycles. The lowest BCUT2D eigenvalue weighted by Gasteiger charge is -2.30. The first-order chi connectivity index (χ1) is 16.8. The lowest BCUT2D eigenvalue weighted by atomic mass is 9.90. The van der Waals surface area contributed by atoms with Crippen LogP contribution < -0.4 is 0 Å². The third kappa shape index (κ3) is 13.3. The summed E-state index contributed by atoms with van der Waals surface area (Å²) in [6.07, 6.45) is 18.1. The molecule has 2 atom stereocenters. The molecule has 2 unspecified atom stereocenters. The number of unbranched alkanes of at least 4 members (excludes halogenated alkanes) is 10. The summed E-state index contributed by atoms with van der Waals surface area (Å²) in [5.74, 6) is 1.24. The van der Waals surface area contributed by atoms with Gasteiger partial charge >= 0.3 is 0 Å². The maximum absolute atomic E-state index is 13.7. The van der Waals surface area contributed by atoms with Crippen molar-refractivity contribution in [2.75, 3.05) is 13.1 Å². The molecule has 2 nitrogen and oxygen atoms in total. The molecular formula is C32H58NOP. The molecule has 1 amide bonds. The van der Waals surface area contributed by atoms with Crippen molar-refractivity contribution >= 4 is 15.1 Å². The Morgan fingerprint density at radius 2 is 1.23 bits per heavy atom. The second-order valence-electron chi connectivity index (χ2n) is 11.5. The number of hydrogen-bond acceptors (Lipinski definition) is 1. The van der Waals surface area contributed by atoms with Crippen LogP contribution in [-0.2, 0) is 17.6 Å². The average Bonchev–Trinajstić information content (AvgIpc) is 2.82. The molecular weight excluding hydrogens is 445 g/mol. The van der Waals surface area contributed by atoms with Crippen LogP contribution in [0.25, 0.3) is 0 Å². The van der Waals surface area contributed by atoms with E-state index in [1.165, 1.54) is 93.7 Å². The van der Waals surface area contributed by atoms with Crippen LogP contribution >= 0.6 is 9.24 Å². The van der Waals surface area contributed by atoms with E-state index in [0.717, 1.165) is 25.9 Å². The van der Waals surface area contributed by atoms with Crippen LogP contribution in [0.5, 0.6) is 0 Å². The maximum atomic E-state index is 13.7. The fourth-order valence-electron chi connectivity index (χ4n) is 5.13. The number of rotatable bonds is 20. The van der Waals surface area contributed by atoms with Gasteiger partial charge in [0.15, 0.2) is 0 Å². The molecule has 202 valence electrons. The molecule has 0 heterocycles. The van der Waals surface area contributed by atoms with Crippen molar-refractivity contribution in [2.45, 2.75) is 137 Å². The predicted octanol–water partition coefficient (Wildman–Crippen LogP) is 9.55. The quantitative estimate of drug-likeness (QED) is 0.128. The van der Waals surface area contributed by atoms with Crippen LogP contribution in [0.3, 0.4) is 0 Å². The van der Waals surface area contributed by atoms with E-state index in [1.807, 2.05) is 0 Å². The fourth-order valence-corrected chi connectivity index (χ4v) is 5.65. The maximum Gasteiger partial charge on any atom is 0.233 e. The van der Waals surface area contributed by atoms with Crippen molar-refractivity contribution in [2.24, 2.45) is 11.8 Å². The van der Waals surface area contributed by atoms with Crippen molar-refractivity contribution in [3.8, 4) is 0 Å². The Kier molecular flexibility index (Phi) is 17.7. The summed E-state index contributed by atoms with van der Waals surface area (Å²) >= 11 is 0. The highest BCUT2D eigenvalue weighted by molar-refractivity contribution is 7.19. The first-order valence-electron chi connectivity index (χ1n) is 15.0. The summed E-state index contributed by atoms with van der Waals surface area (Å²) < 4.78 is 0. The zero-order valence-corrected chi connectivity index (χ0v) is 25.4. The van der Waals surface area contributed by atoms with Crippen molar-refractivity contribution in [1.29, 1.82) is 0 Å². The van der Waals surface area contributed by atoms with E-state index in [1.54, 1.807) is 0 Å². The highest BCUT2D eigenvalue weighted by atomic mass is 31.0. The molecule has 0 aromatic heterocycles. The molecule has 0 radical (unpaired) electrons. The van der Waals surface area contributed by atoms with Crippen LogP contribution in [0, 0.1) is 11.8 Å². The highest BCUT2D eigenvalue weighted by Gasteiger charge is 2.26. The SMILES string of the molecule is CCCCCCCCc1cccc(C(P)C(=O)N(CC(C)C)CC(C)C)c1CCCCCCCC. The van der Waals surface area contributed by atoms with E-state index >= 15 is 0 Å². The van der Waals surface area contributed by atoms with Crippen molar-refractivity contribution in [3.05, 3.63) is 34.9 Å². The Hall–Kier alpha value is -0.880. The van der Waals surface area contributed by atoms with Crippen molar-refractivity contribution in [1.82, 2.24) is 4.90 Å². The van der Waals surface area contributed by atoms with E-state index < -0.39 is 0 Å². The molecule has 1 aromatic carbocycles. The molecule has 1 aromatic rings. The fraction of sp³-hybridized carbons (Fsp3) is 0.781. The summed E-state index contributed by atoms with van der Waals surface area (Å²) in [6.45, 7) is 15.1. The first-order valence-corrected chi connectivity index (χ1v) is 15.6. The number of carbonyl (C=O) groups excluding carboxylic acids is 1. The van der Waals surface area contributed by atoms with Gasteiger partial charge in [-0.3, -0.25) is 4.79 Å². The van der Waals surface area contributed by atoms with Gasteiger partial charge in [-0.05, 0) is 54.2 Å². The molecule has 0 fully saturated rings. The summed E-state index contributed by atoms with van der Waals surface area (Å²) in [6, 6.07) is 6.77. The zero-order valence-electron chi connectivity index (χ0n) is 24.2. The molecule has 3 heteroatoms. The van der Waals surface area contributed by atoms with Crippen LogP contribution in [0.4, 0.5) is 0 Å². The van der Waals surface area contributed by atoms with Gasteiger partial charge < -0.3 is 4.90 Å². The zero-order chi connectivity index (χ0) is 26.1. The number of hydrogen-bond donors (Lipinski definition) is 0. The number of carbonyl (C=O) groups is 1. The topological polar surface area (TPSA) is 20.3 Å². The van der Waals surface area contributed by atoms with Gasteiger partial charge in [-0.15, -0.1) is 9.24 Å². The predicted molar refractivity (Wildman–Crippen MR) is 159 cm³/mol.